The van der Waals surface area contributed by atoms with E-state index < -0.39 is 0 Å². The summed E-state index contributed by atoms with van der Waals surface area (Å²) in [6, 6.07) is 0. The highest BCUT2D eigenvalue weighted by Gasteiger charge is 2.36. The zero-order valence-corrected chi connectivity index (χ0v) is 8.32. The summed E-state index contributed by atoms with van der Waals surface area (Å²) in [6.07, 6.45) is 8.27. The van der Waals surface area contributed by atoms with E-state index in [2.05, 4.69) is 12.2 Å². The molecule has 0 saturated heterocycles. The van der Waals surface area contributed by atoms with Gasteiger partial charge >= 0.3 is 5.97 Å². The molecule has 1 saturated carbocycles. The van der Waals surface area contributed by atoms with Gasteiger partial charge in [0.2, 0.25) is 0 Å². The molecule has 0 heterocycles. The second-order valence-electron chi connectivity index (χ2n) is 4.23. The van der Waals surface area contributed by atoms with Crippen LogP contribution in [0.5, 0.6) is 0 Å². The third kappa shape index (κ3) is 1.98. The van der Waals surface area contributed by atoms with Gasteiger partial charge in [0.15, 0.2) is 0 Å². The number of fused-ring (bicyclic) bond motifs is 2. The fraction of sp³-hybridized carbons (Fsp3) is 0.727. The van der Waals surface area contributed by atoms with Crippen LogP contribution in [0.2, 0.25) is 0 Å². The van der Waals surface area contributed by atoms with Crippen LogP contribution in [0, 0.1) is 11.8 Å². The van der Waals surface area contributed by atoms with Crippen molar-refractivity contribution in [3.05, 3.63) is 12.2 Å². The van der Waals surface area contributed by atoms with Crippen molar-refractivity contribution in [3.63, 3.8) is 0 Å². The molecule has 2 aliphatic rings. The first-order chi connectivity index (χ1) is 6.79. The van der Waals surface area contributed by atoms with Crippen molar-refractivity contribution in [1.29, 1.82) is 0 Å². The Kier molecular flexibility index (Phi) is 2.87. The van der Waals surface area contributed by atoms with Gasteiger partial charge in [0.1, 0.15) is 6.10 Å². The Morgan fingerprint density at radius 1 is 1.50 bits per heavy atom. The SMILES string of the molecule is NCCC(=O)OC1C[C@@H]2CC=C[C@H]1C2. The number of hydrogen-bond donors (Lipinski definition) is 1. The molecule has 0 aliphatic heterocycles. The highest BCUT2D eigenvalue weighted by atomic mass is 16.5. The van der Waals surface area contributed by atoms with Crippen LogP contribution >= 0.6 is 0 Å². The Hall–Kier alpha value is -0.830. The van der Waals surface area contributed by atoms with E-state index in [4.69, 9.17) is 10.5 Å². The Bertz CT molecular complexity index is 250. The fourth-order valence-electron chi connectivity index (χ4n) is 2.46. The van der Waals surface area contributed by atoms with E-state index in [-0.39, 0.29) is 12.1 Å². The number of carbonyl (C=O) groups excluding carboxylic acids is 1. The summed E-state index contributed by atoms with van der Waals surface area (Å²) in [5.41, 5.74) is 5.30. The monoisotopic (exact) mass is 195 g/mol. The van der Waals surface area contributed by atoms with E-state index in [0.29, 0.717) is 18.9 Å². The molecule has 2 bridgehead atoms. The average Bonchev–Trinajstić information content (AvgIpc) is 2.42. The van der Waals surface area contributed by atoms with Gasteiger partial charge in [-0.2, -0.15) is 0 Å². The second kappa shape index (κ2) is 4.13. The summed E-state index contributed by atoms with van der Waals surface area (Å²) in [5.74, 6) is 1.06. The van der Waals surface area contributed by atoms with Crippen LogP contribution < -0.4 is 5.73 Å². The lowest BCUT2D eigenvalue weighted by atomic mass is 9.96. The second-order valence-corrected chi connectivity index (χ2v) is 4.23. The largest absolute Gasteiger partial charge is 0.462 e. The minimum absolute atomic E-state index is 0.123. The van der Waals surface area contributed by atoms with Crippen LogP contribution in [0.25, 0.3) is 0 Å². The van der Waals surface area contributed by atoms with Gasteiger partial charge in [-0.15, -0.1) is 0 Å². The van der Waals surface area contributed by atoms with Gasteiger partial charge in [0, 0.05) is 12.5 Å². The van der Waals surface area contributed by atoms with Crippen LogP contribution in [0.1, 0.15) is 25.7 Å². The summed E-state index contributed by atoms with van der Waals surface area (Å²) >= 11 is 0. The Labute approximate surface area is 84.3 Å². The lowest BCUT2D eigenvalue weighted by molar-refractivity contribution is -0.149. The maximum atomic E-state index is 11.3. The third-order valence-electron chi connectivity index (χ3n) is 3.13. The van der Waals surface area contributed by atoms with Crippen molar-refractivity contribution < 1.29 is 9.53 Å². The van der Waals surface area contributed by atoms with Crippen molar-refractivity contribution in [1.82, 2.24) is 0 Å². The molecule has 2 aliphatic carbocycles. The molecule has 3 atom stereocenters. The van der Waals surface area contributed by atoms with E-state index >= 15 is 0 Å². The fourth-order valence-corrected chi connectivity index (χ4v) is 2.46. The van der Waals surface area contributed by atoms with Gasteiger partial charge in [-0.05, 0) is 25.2 Å². The lowest BCUT2D eigenvalue weighted by Crippen LogP contribution is -2.22. The number of carbonyl (C=O) groups is 1. The van der Waals surface area contributed by atoms with Gasteiger partial charge < -0.3 is 10.5 Å². The van der Waals surface area contributed by atoms with E-state index in [1.807, 2.05) is 0 Å². The molecule has 3 nitrogen and oxygen atoms in total. The summed E-state index contributed by atoms with van der Waals surface area (Å²) in [4.78, 5) is 11.3. The first kappa shape index (κ1) is 9.71. The molecule has 2 N–H and O–H groups in total. The van der Waals surface area contributed by atoms with Crippen LogP contribution in [-0.2, 0) is 9.53 Å². The Morgan fingerprint density at radius 2 is 2.36 bits per heavy atom. The molecule has 0 radical (unpaired) electrons. The number of rotatable bonds is 3. The summed E-state index contributed by atoms with van der Waals surface area (Å²) in [7, 11) is 0. The van der Waals surface area contributed by atoms with Crippen LogP contribution in [0.3, 0.4) is 0 Å². The number of nitrogens with two attached hydrogens (primary N) is 1. The zero-order valence-electron chi connectivity index (χ0n) is 8.32. The molecular formula is C11H17NO2. The minimum atomic E-state index is -0.140. The van der Waals surface area contributed by atoms with Crippen LogP contribution in [0.4, 0.5) is 0 Å². The number of allylic oxidation sites excluding steroid dienone is 1. The number of ether oxygens (including phenoxy) is 1. The lowest BCUT2D eigenvalue weighted by Gasteiger charge is -2.17. The zero-order chi connectivity index (χ0) is 9.97. The van der Waals surface area contributed by atoms with Gasteiger partial charge in [-0.25, -0.2) is 0 Å². The molecule has 0 aromatic rings. The average molecular weight is 195 g/mol. The molecule has 2 rings (SSSR count). The molecular weight excluding hydrogens is 178 g/mol. The van der Waals surface area contributed by atoms with E-state index in [1.54, 1.807) is 0 Å². The summed E-state index contributed by atoms with van der Waals surface area (Å²) in [5, 5.41) is 0. The minimum Gasteiger partial charge on any atom is -0.462 e. The predicted molar refractivity (Wildman–Crippen MR) is 53.5 cm³/mol. The smallest absolute Gasteiger partial charge is 0.307 e. The van der Waals surface area contributed by atoms with Crippen molar-refractivity contribution >= 4 is 5.97 Å². The molecule has 14 heavy (non-hydrogen) atoms. The molecule has 1 unspecified atom stereocenters. The Balaban J connectivity index is 1.87. The highest BCUT2D eigenvalue weighted by molar-refractivity contribution is 5.69. The van der Waals surface area contributed by atoms with Crippen LogP contribution in [-0.4, -0.2) is 18.6 Å². The highest BCUT2D eigenvalue weighted by Crippen LogP contribution is 2.39. The molecule has 3 heteroatoms. The maximum absolute atomic E-state index is 11.3. The standard InChI is InChI=1S/C11H17NO2/c12-5-4-11(13)14-10-7-8-2-1-3-9(10)6-8/h1,3,8-10H,2,4-7,12H2/t8-,9+,10?/m1/s1. The molecule has 0 amide bonds. The first-order valence-corrected chi connectivity index (χ1v) is 5.36. The van der Waals surface area contributed by atoms with Crippen molar-refractivity contribution in [2.45, 2.75) is 31.8 Å². The molecule has 1 fully saturated rings. The summed E-state index contributed by atoms with van der Waals surface area (Å²) < 4.78 is 5.40. The van der Waals surface area contributed by atoms with Crippen molar-refractivity contribution in [3.8, 4) is 0 Å². The molecule has 0 aromatic carbocycles. The van der Waals surface area contributed by atoms with Gasteiger partial charge in [0.05, 0.1) is 6.42 Å². The summed E-state index contributed by atoms with van der Waals surface area (Å²) in [6.45, 7) is 0.384. The Morgan fingerprint density at radius 3 is 3.07 bits per heavy atom. The quantitative estimate of drug-likeness (QED) is 0.544. The van der Waals surface area contributed by atoms with Crippen molar-refractivity contribution in [2.75, 3.05) is 6.54 Å². The van der Waals surface area contributed by atoms with Crippen LogP contribution in [0.15, 0.2) is 12.2 Å². The van der Waals surface area contributed by atoms with Gasteiger partial charge in [0.25, 0.3) is 0 Å². The number of hydrogen-bond acceptors (Lipinski definition) is 3. The number of esters is 1. The normalized spacial score (nSPS) is 34.5. The molecule has 78 valence electrons. The van der Waals surface area contributed by atoms with E-state index in [0.717, 1.165) is 18.8 Å². The van der Waals surface area contributed by atoms with Crippen molar-refractivity contribution in [2.24, 2.45) is 17.6 Å². The van der Waals surface area contributed by atoms with E-state index in [1.165, 1.54) is 6.42 Å². The third-order valence-corrected chi connectivity index (χ3v) is 3.13. The predicted octanol–water partition coefficient (Wildman–Crippen LogP) is 1.23. The van der Waals surface area contributed by atoms with Gasteiger partial charge in [-0.3, -0.25) is 4.79 Å². The first-order valence-electron chi connectivity index (χ1n) is 5.36. The van der Waals surface area contributed by atoms with Gasteiger partial charge in [-0.1, -0.05) is 12.2 Å². The van der Waals surface area contributed by atoms with E-state index in [9.17, 15) is 4.79 Å². The topological polar surface area (TPSA) is 52.3 Å². The molecule has 0 aromatic heterocycles. The molecule has 0 spiro atoms. The maximum Gasteiger partial charge on any atom is 0.307 e.